The molecule has 0 heterocycles. The molecule has 0 aliphatic rings. The number of rotatable bonds is 2. The summed E-state index contributed by atoms with van der Waals surface area (Å²) in [6, 6.07) is 0. The summed E-state index contributed by atoms with van der Waals surface area (Å²) in [5.74, 6) is 5.64. The summed E-state index contributed by atoms with van der Waals surface area (Å²) < 4.78 is 3.84. The molecule has 0 saturated carbocycles. The van der Waals surface area contributed by atoms with Gasteiger partial charge in [0.15, 0.2) is 0 Å². The molecule has 0 rings (SSSR count). The van der Waals surface area contributed by atoms with E-state index in [1.807, 2.05) is 0 Å². The maximum Gasteiger partial charge on any atom is 0.499 e. The lowest BCUT2D eigenvalue weighted by Crippen LogP contribution is -2.18. The second-order valence-electron chi connectivity index (χ2n) is 0.762. The summed E-state index contributed by atoms with van der Waals surface area (Å²) in [4.78, 5) is 0. The van der Waals surface area contributed by atoms with Crippen LogP contribution < -0.4 is 5.90 Å². The smallest absolute Gasteiger partial charge is 0.423 e. The molecule has 0 aliphatic carbocycles. The van der Waals surface area contributed by atoms with Crippen molar-refractivity contribution >= 4 is 7.12 Å². The molecular formula is C2H6BNO2. The predicted molar refractivity (Wildman–Crippen MR) is 23.4 cm³/mol. The average Bonchev–Trinajstić information content (AvgIpc) is 1.65. The Kier molecular flexibility index (Phi) is 2.75. The molecule has 4 heteroatoms. The molecule has 0 aromatic rings. The lowest BCUT2D eigenvalue weighted by molar-refractivity contribution is 0.280. The van der Waals surface area contributed by atoms with Gasteiger partial charge in [-0.2, -0.15) is 0 Å². The van der Waals surface area contributed by atoms with E-state index >= 15 is 0 Å². The summed E-state index contributed by atoms with van der Waals surface area (Å²) in [7, 11) is -1.02. The second-order valence-corrected chi connectivity index (χ2v) is 0.762. The van der Waals surface area contributed by atoms with E-state index in [0.29, 0.717) is 0 Å². The fourth-order valence-corrected chi connectivity index (χ4v) is 0.0556. The van der Waals surface area contributed by atoms with E-state index in [4.69, 9.17) is 5.02 Å². The Balaban J connectivity index is 2.96. The van der Waals surface area contributed by atoms with Crippen LogP contribution in [-0.2, 0) is 4.76 Å². The van der Waals surface area contributed by atoms with Crippen molar-refractivity contribution in [2.24, 2.45) is 5.90 Å². The van der Waals surface area contributed by atoms with Crippen LogP contribution in [0.1, 0.15) is 0 Å². The zero-order valence-electron chi connectivity index (χ0n) is 3.29. The lowest BCUT2D eigenvalue weighted by Gasteiger charge is -1.88. The van der Waals surface area contributed by atoms with Crippen LogP contribution >= 0.6 is 0 Å². The van der Waals surface area contributed by atoms with Crippen LogP contribution in [0.25, 0.3) is 0 Å². The Hall–Kier alpha value is -0.315. The molecule has 0 atom stereocenters. The van der Waals surface area contributed by atoms with Gasteiger partial charge < -0.3 is 9.78 Å². The van der Waals surface area contributed by atoms with Crippen molar-refractivity contribution in [3.8, 4) is 0 Å². The molecular weight excluding hydrogens is 80.8 g/mol. The molecule has 0 fully saturated rings. The molecule has 0 bridgehead atoms. The Morgan fingerprint density at radius 2 is 2.50 bits per heavy atom. The molecule has 0 aromatic carbocycles. The maximum atomic E-state index is 8.20. The lowest BCUT2D eigenvalue weighted by atomic mass is 9.93. The van der Waals surface area contributed by atoms with Crippen molar-refractivity contribution in [2.45, 2.75) is 0 Å². The van der Waals surface area contributed by atoms with E-state index in [1.54, 1.807) is 0 Å². The van der Waals surface area contributed by atoms with Gasteiger partial charge >= 0.3 is 7.12 Å². The summed E-state index contributed by atoms with van der Waals surface area (Å²) in [5.41, 5.74) is 0. The first-order valence-corrected chi connectivity index (χ1v) is 1.47. The highest BCUT2D eigenvalue weighted by Crippen LogP contribution is 1.69. The monoisotopic (exact) mass is 87.0 g/mol. The van der Waals surface area contributed by atoms with Gasteiger partial charge in [0.1, 0.15) is 0 Å². The van der Waals surface area contributed by atoms with Crippen molar-refractivity contribution in [3.05, 3.63) is 12.6 Å². The highest BCUT2D eigenvalue weighted by Gasteiger charge is 2.00. The summed E-state index contributed by atoms with van der Waals surface area (Å²) in [6.07, 6.45) is 0. The minimum atomic E-state index is -1.02. The SMILES string of the molecule is C=CB(O)ON. The van der Waals surface area contributed by atoms with Crippen LogP contribution in [-0.4, -0.2) is 12.1 Å². The Bertz CT molecular complexity index is 48.8. The fraction of sp³-hybridized carbons (Fsp3) is 0. The summed E-state index contributed by atoms with van der Waals surface area (Å²) in [6.45, 7) is 3.18. The van der Waals surface area contributed by atoms with E-state index in [2.05, 4.69) is 17.2 Å². The first-order chi connectivity index (χ1) is 2.81. The molecule has 0 aromatic heterocycles. The van der Waals surface area contributed by atoms with E-state index < -0.39 is 7.12 Å². The Labute approximate surface area is 36.5 Å². The first kappa shape index (κ1) is 5.68. The number of nitrogens with two attached hydrogens (primary N) is 1. The van der Waals surface area contributed by atoms with Crippen molar-refractivity contribution in [1.82, 2.24) is 0 Å². The number of hydrogen-bond donors (Lipinski definition) is 2. The zero-order valence-corrected chi connectivity index (χ0v) is 3.29. The zero-order chi connectivity index (χ0) is 4.99. The molecule has 3 N–H and O–H groups in total. The van der Waals surface area contributed by atoms with Crippen LogP contribution in [0.5, 0.6) is 0 Å². The Morgan fingerprint density at radius 3 is 2.50 bits per heavy atom. The van der Waals surface area contributed by atoms with Crippen LogP contribution in [0.3, 0.4) is 0 Å². The van der Waals surface area contributed by atoms with Crippen LogP contribution in [0.2, 0.25) is 0 Å². The summed E-state index contributed by atoms with van der Waals surface area (Å²) >= 11 is 0. The second kappa shape index (κ2) is 2.90. The molecule has 6 heavy (non-hydrogen) atoms. The minimum Gasteiger partial charge on any atom is -0.423 e. The van der Waals surface area contributed by atoms with Gasteiger partial charge in [-0.25, -0.2) is 5.90 Å². The maximum absolute atomic E-state index is 8.20. The van der Waals surface area contributed by atoms with Gasteiger partial charge in [-0.15, -0.1) is 6.58 Å². The van der Waals surface area contributed by atoms with Crippen molar-refractivity contribution in [1.29, 1.82) is 0 Å². The van der Waals surface area contributed by atoms with E-state index in [1.165, 1.54) is 5.98 Å². The largest absolute Gasteiger partial charge is 0.499 e. The third-order valence-corrected chi connectivity index (χ3v) is 0.341. The average molecular weight is 86.9 g/mol. The molecule has 3 nitrogen and oxygen atoms in total. The van der Waals surface area contributed by atoms with Gasteiger partial charge in [-0.05, 0) is 0 Å². The minimum absolute atomic E-state index is 1.02. The highest BCUT2D eigenvalue weighted by atomic mass is 16.6. The van der Waals surface area contributed by atoms with Crippen molar-refractivity contribution < 1.29 is 9.78 Å². The van der Waals surface area contributed by atoms with Gasteiger partial charge in [-0.1, -0.05) is 5.98 Å². The Morgan fingerprint density at radius 1 is 2.00 bits per heavy atom. The van der Waals surface area contributed by atoms with Gasteiger partial charge in [0.25, 0.3) is 0 Å². The molecule has 0 unspecified atom stereocenters. The van der Waals surface area contributed by atoms with Gasteiger partial charge in [-0.3, -0.25) is 0 Å². The van der Waals surface area contributed by atoms with E-state index in [9.17, 15) is 0 Å². The quantitative estimate of drug-likeness (QED) is 0.338. The normalized spacial score (nSPS) is 7.67. The first-order valence-electron chi connectivity index (χ1n) is 1.47. The third-order valence-electron chi connectivity index (χ3n) is 0.341. The van der Waals surface area contributed by atoms with Crippen LogP contribution in [0.4, 0.5) is 0 Å². The molecule has 34 valence electrons. The molecule has 0 aliphatic heterocycles. The van der Waals surface area contributed by atoms with Crippen molar-refractivity contribution in [3.63, 3.8) is 0 Å². The fourth-order valence-electron chi connectivity index (χ4n) is 0.0556. The standard InChI is InChI=1S/C2H6BNO2/c1-2-3(5)6-4/h2,5H,1,4H2. The van der Waals surface area contributed by atoms with Gasteiger partial charge in [0.2, 0.25) is 0 Å². The van der Waals surface area contributed by atoms with E-state index in [-0.39, 0.29) is 0 Å². The highest BCUT2D eigenvalue weighted by molar-refractivity contribution is 6.48. The van der Waals surface area contributed by atoms with Crippen molar-refractivity contribution in [2.75, 3.05) is 0 Å². The van der Waals surface area contributed by atoms with Crippen LogP contribution in [0, 0.1) is 0 Å². The topological polar surface area (TPSA) is 55.5 Å². The molecule has 0 spiro atoms. The third kappa shape index (κ3) is 1.96. The molecule has 0 radical (unpaired) electrons. The predicted octanol–water partition coefficient (Wildman–Crippen LogP) is -0.918. The molecule has 0 saturated heterocycles. The molecule has 0 amide bonds. The number of hydrogen-bond acceptors (Lipinski definition) is 3. The van der Waals surface area contributed by atoms with Crippen LogP contribution in [0.15, 0.2) is 12.6 Å². The summed E-state index contributed by atoms with van der Waals surface area (Å²) in [5, 5.41) is 8.20. The van der Waals surface area contributed by atoms with E-state index in [0.717, 1.165) is 0 Å². The van der Waals surface area contributed by atoms with Gasteiger partial charge in [0, 0.05) is 0 Å². The van der Waals surface area contributed by atoms with Gasteiger partial charge in [0.05, 0.1) is 0 Å².